The highest BCUT2D eigenvalue weighted by Crippen LogP contribution is 2.24. The van der Waals surface area contributed by atoms with Crippen molar-refractivity contribution in [1.82, 2.24) is 14.9 Å². The van der Waals surface area contributed by atoms with E-state index in [1.165, 1.54) is 11.1 Å². The van der Waals surface area contributed by atoms with E-state index in [0.29, 0.717) is 13.1 Å². The number of aryl methyl sites for hydroxylation is 2. The fourth-order valence-corrected chi connectivity index (χ4v) is 3.96. The molecule has 0 aliphatic rings. The number of rotatable bonds is 7. The summed E-state index contributed by atoms with van der Waals surface area (Å²) < 4.78 is 7.93. The summed E-state index contributed by atoms with van der Waals surface area (Å²) in [5.41, 5.74) is 6.71. The summed E-state index contributed by atoms with van der Waals surface area (Å²) >= 11 is 0. The summed E-state index contributed by atoms with van der Waals surface area (Å²) in [4.78, 5) is 17.3. The van der Waals surface area contributed by atoms with Crippen molar-refractivity contribution in [1.29, 1.82) is 0 Å². The number of hydrogen-bond acceptors (Lipinski definition) is 3. The molecule has 176 valence electrons. The Kier molecular flexibility index (Phi) is 6.73. The molecule has 0 fully saturated rings. The molecule has 0 unspecified atom stereocenters. The van der Waals surface area contributed by atoms with E-state index in [4.69, 9.17) is 9.72 Å². The first-order chi connectivity index (χ1) is 16.2. The van der Waals surface area contributed by atoms with Crippen LogP contribution >= 0.6 is 0 Å². The maximum atomic E-state index is 12.5. The van der Waals surface area contributed by atoms with Gasteiger partial charge in [-0.25, -0.2) is 4.98 Å². The van der Waals surface area contributed by atoms with Crippen molar-refractivity contribution in [3.8, 4) is 5.75 Å². The summed E-state index contributed by atoms with van der Waals surface area (Å²) in [6, 6.07) is 22.8. The number of para-hydroxylation sites is 2. The Hall–Kier alpha value is -3.60. The summed E-state index contributed by atoms with van der Waals surface area (Å²) in [6.45, 7) is 11.6. The molecule has 1 N–H and O–H groups in total. The standard InChI is InChI=1S/C29H33N3O2/c1-20-10-11-21(2)26(16-20)34-19-28(33)30-17-27-31-24-8-6-7-9-25(24)32(27)18-22-12-14-23(15-13-22)29(3,4)5/h6-16H,17-19H2,1-5H3,(H,30,33). The normalized spacial score (nSPS) is 11.6. The molecule has 5 nitrogen and oxygen atoms in total. The van der Waals surface area contributed by atoms with Gasteiger partial charge in [0.05, 0.1) is 17.6 Å². The van der Waals surface area contributed by atoms with Gasteiger partial charge in [0.25, 0.3) is 5.91 Å². The Morgan fingerprint density at radius 1 is 1.00 bits per heavy atom. The van der Waals surface area contributed by atoms with E-state index in [9.17, 15) is 4.79 Å². The molecule has 4 aromatic rings. The average Bonchev–Trinajstić information content (AvgIpc) is 3.15. The summed E-state index contributed by atoms with van der Waals surface area (Å²) in [5.74, 6) is 1.39. The Morgan fingerprint density at radius 2 is 1.74 bits per heavy atom. The lowest BCUT2D eigenvalue weighted by Gasteiger charge is -2.19. The van der Waals surface area contributed by atoms with Gasteiger partial charge in [-0.3, -0.25) is 4.79 Å². The van der Waals surface area contributed by atoms with Crippen LogP contribution in [0.1, 0.15) is 48.8 Å². The molecular formula is C29H33N3O2. The van der Waals surface area contributed by atoms with Crippen molar-refractivity contribution in [3.63, 3.8) is 0 Å². The van der Waals surface area contributed by atoms with Crippen molar-refractivity contribution in [2.24, 2.45) is 0 Å². The van der Waals surface area contributed by atoms with Crippen LogP contribution < -0.4 is 10.1 Å². The molecule has 0 saturated carbocycles. The zero-order valence-electron chi connectivity index (χ0n) is 20.7. The molecule has 0 atom stereocenters. The molecule has 1 aromatic heterocycles. The molecule has 1 heterocycles. The van der Waals surface area contributed by atoms with E-state index >= 15 is 0 Å². The van der Waals surface area contributed by atoms with E-state index in [1.54, 1.807) is 0 Å². The molecule has 0 aliphatic heterocycles. The smallest absolute Gasteiger partial charge is 0.258 e. The SMILES string of the molecule is Cc1ccc(C)c(OCC(=O)NCc2nc3ccccc3n2Cc2ccc(C(C)(C)C)cc2)c1. The van der Waals surface area contributed by atoms with Crippen molar-refractivity contribution in [2.45, 2.75) is 53.1 Å². The first kappa shape index (κ1) is 23.6. The third-order valence-electron chi connectivity index (χ3n) is 6.04. The maximum Gasteiger partial charge on any atom is 0.258 e. The third-order valence-corrected chi connectivity index (χ3v) is 6.04. The van der Waals surface area contributed by atoms with Gasteiger partial charge in [-0.05, 0) is 59.7 Å². The number of carbonyl (C=O) groups excluding carboxylic acids is 1. The number of fused-ring (bicyclic) bond motifs is 1. The topological polar surface area (TPSA) is 56.1 Å². The molecule has 0 aliphatic carbocycles. The third kappa shape index (κ3) is 5.48. The van der Waals surface area contributed by atoms with Crippen LogP contribution in [0.2, 0.25) is 0 Å². The van der Waals surface area contributed by atoms with Gasteiger partial charge in [0, 0.05) is 6.54 Å². The summed E-state index contributed by atoms with van der Waals surface area (Å²) in [5, 5.41) is 2.97. The van der Waals surface area contributed by atoms with Crippen molar-refractivity contribution in [3.05, 3.63) is 94.8 Å². The number of benzene rings is 3. The number of hydrogen-bond donors (Lipinski definition) is 1. The fourth-order valence-electron chi connectivity index (χ4n) is 3.96. The largest absolute Gasteiger partial charge is 0.483 e. The first-order valence-electron chi connectivity index (χ1n) is 11.7. The zero-order chi connectivity index (χ0) is 24.3. The molecule has 0 radical (unpaired) electrons. The second-order valence-corrected chi connectivity index (χ2v) is 9.88. The molecule has 4 rings (SSSR count). The van der Waals surface area contributed by atoms with Crippen molar-refractivity contribution in [2.75, 3.05) is 6.61 Å². The van der Waals surface area contributed by atoms with Crippen LogP contribution in [0.4, 0.5) is 0 Å². The monoisotopic (exact) mass is 455 g/mol. The van der Waals surface area contributed by atoms with Crippen LogP contribution in [0.25, 0.3) is 11.0 Å². The van der Waals surface area contributed by atoms with Crippen LogP contribution in [0.15, 0.2) is 66.7 Å². The number of amides is 1. The Labute approximate surface area is 201 Å². The highest BCUT2D eigenvalue weighted by Gasteiger charge is 2.15. The second-order valence-electron chi connectivity index (χ2n) is 9.88. The Morgan fingerprint density at radius 3 is 2.47 bits per heavy atom. The Balaban J connectivity index is 1.47. The van der Waals surface area contributed by atoms with Crippen LogP contribution in [0, 0.1) is 13.8 Å². The summed E-state index contributed by atoms with van der Waals surface area (Å²) in [7, 11) is 0. The van der Waals surface area contributed by atoms with Gasteiger partial charge < -0.3 is 14.6 Å². The van der Waals surface area contributed by atoms with E-state index in [-0.39, 0.29) is 17.9 Å². The number of aromatic nitrogens is 2. The van der Waals surface area contributed by atoms with Gasteiger partial charge in [-0.2, -0.15) is 0 Å². The average molecular weight is 456 g/mol. The summed E-state index contributed by atoms with van der Waals surface area (Å²) in [6.07, 6.45) is 0. The van der Waals surface area contributed by atoms with E-state index in [0.717, 1.165) is 33.7 Å². The number of imidazole rings is 1. The number of ether oxygens (including phenoxy) is 1. The van der Waals surface area contributed by atoms with Crippen LogP contribution in [0.5, 0.6) is 5.75 Å². The van der Waals surface area contributed by atoms with E-state index < -0.39 is 0 Å². The van der Waals surface area contributed by atoms with Crippen LogP contribution in [-0.4, -0.2) is 22.1 Å². The number of nitrogens with one attached hydrogen (secondary N) is 1. The van der Waals surface area contributed by atoms with Crippen LogP contribution in [-0.2, 0) is 23.3 Å². The molecule has 34 heavy (non-hydrogen) atoms. The lowest BCUT2D eigenvalue weighted by atomic mass is 9.87. The maximum absolute atomic E-state index is 12.5. The number of nitrogens with zero attached hydrogens (tertiary/aromatic N) is 2. The first-order valence-corrected chi connectivity index (χ1v) is 11.7. The minimum atomic E-state index is -0.172. The van der Waals surface area contributed by atoms with E-state index in [2.05, 4.69) is 61.0 Å². The quantitative estimate of drug-likeness (QED) is 0.389. The minimum absolute atomic E-state index is 0.0290. The van der Waals surface area contributed by atoms with Gasteiger partial charge in [0.1, 0.15) is 11.6 Å². The second kappa shape index (κ2) is 9.72. The molecular weight excluding hydrogens is 422 g/mol. The predicted molar refractivity (Wildman–Crippen MR) is 137 cm³/mol. The van der Waals surface area contributed by atoms with Gasteiger partial charge in [-0.1, -0.05) is 69.3 Å². The number of carbonyl (C=O) groups is 1. The predicted octanol–water partition coefficient (Wildman–Crippen LogP) is 5.69. The van der Waals surface area contributed by atoms with Gasteiger partial charge >= 0.3 is 0 Å². The Bertz CT molecular complexity index is 1300. The van der Waals surface area contributed by atoms with Gasteiger partial charge in [-0.15, -0.1) is 0 Å². The molecule has 0 saturated heterocycles. The van der Waals surface area contributed by atoms with Crippen molar-refractivity contribution < 1.29 is 9.53 Å². The molecule has 3 aromatic carbocycles. The van der Waals surface area contributed by atoms with E-state index in [1.807, 2.05) is 50.2 Å². The molecule has 0 bridgehead atoms. The molecule has 5 heteroatoms. The highest BCUT2D eigenvalue weighted by atomic mass is 16.5. The fraction of sp³-hybridized carbons (Fsp3) is 0.310. The lowest BCUT2D eigenvalue weighted by Crippen LogP contribution is -2.29. The lowest BCUT2D eigenvalue weighted by molar-refractivity contribution is -0.123. The highest BCUT2D eigenvalue weighted by molar-refractivity contribution is 5.78. The molecule has 0 spiro atoms. The van der Waals surface area contributed by atoms with Gasteiger partial charge in [0.2, 0.25) is 0 Å². The zero-order valence-corrected chi connectivity index (χ0v) is 20.7. The minimum Gasteiger partial charge on any atom is -0.483 e. The van der Waals surface area contributed by atoms with Crippen LogP contribution in [0.3, 0.4) is 0 Å². The van der Waals surface area contributed by atoms with Gasteiger partial charge in [0.15, 0.2) is 6.61 Å². The molecule has 1 amide bonds. The van der Waals surface area contributed by atoms with Crippen molar-refractivity contribution >= 4 is 16.9 Å².